The molecule has 0 saturated heterocycles. The number of sulfonamides is 1. The first-order valence-corrected chi connectivity index (χ1v) is 5.46. The van der Waals surface area contributed by atoms with Crippen molar-refractivity contribution in [2.45, 2.75) is 12.5 Å². The first-order valence-electron chi connectivity index (χ1n) is 3.57. The van der Waals surface area contributed by atoms with Gasteiger partial charge < -0.3 is 9.84 Å². The lowest BCUT2D eigenvalue weighted by Gasteiger charge is -2.08. The van der Waals surface area contributed by atoms with E-state index in [9.17, 15) is 8.42 Å². The lowest BCUT2D eigenvalue weighted by molar-refractivity contribution is 0.0603. The Morgan fingerprint density at radius 1 is 1.58 bits per heavy atom. The van der Waals surface area contributed by atoms with Crippen LogP contribution >= 0.6 is 0 Å². The maximum Gasteiger partial charge on any atom is 0.208 e. The van der Waals surface area contributed by atoms with E-state index in [1.54, 1.807) is 0 Å². The highest BCUT2D eigenvalue weighted by Gasteiger charge is 2.05. The molecule has 1 atom stereocenters. The monoisotopic (exact) mass is 197 g/mol. The summed E-state index contributed by atoms with van der Waals surface area (Å²) in [5.74, 6) is 0. The molecule has 5 nitrogen and oxygen atoms in total. The van der Waals surface area contributed by atoms with Crippen molar-refractivity contribution in [1.29, 1.82) is 0 Å². The summed E-state index contributed by atoms with van der Waals surface area (Å²) in [6.07, 6.45) is 0.834. The molecule has 0 aromatic rings. The molecule has 0 aliphatic heterocycles. The second-order valence-electron chi connectivity index (χ2n) is 2.56. The van der Waals surface area contributed by atoms with E-state index in [1.807, 2.05) is 0 Å². The topological polar surface area (TPSA) is 75.6 Å². The minimum Gasteiger partial charge on any atom is -0.391 e. The lowest BCUT2D eigenvalue weighted by atomic mass is 10.3. The van der Waals surface area contributed by atoms with Gasteiger partial charge in [-0.2, -0.15) is 0 Å². The summed E-state index contributed by atoms with van der Waals surface area (Å²) in [5, 5.41) is 9.09. The van der Waals surface area contributed by atoms with Crippen molar-refractivity contribution >= 4 is 10.0 Å². The summed E-state index contributed by atoms with van der Waals surface area (Å²) >= 11 is 0. The first-order chi connectivity index (χ1) is 5.45. The molecular formula is C6H15NO4S. The fraction of sp³-hybridized carbons (Fsp3) is 1.00. The smallest absolute Gasteiger partial charge is 0.208 e. The Hall–Kier alpha value is -0.170. The van der Waals surface area contributed by atoms with Crippen LogP contribution in [0.15, 0.2) is 0 Å². The Labute approximate surface area is 72.8 Å². The molecule has 0 aliphatic carbocycles. The molecule has 0 heterocycles. The molecule has 2 N–H and O–H groups in total. The van der Waals surface area contributed by atoms with Crippen LogP contribution in [0.1, 0.15) is 6.42 Å². The lowest BCUT2D eigenvalue weighted by Crippen LogP contribution is -2.27. The molecule has 0 saturated carbocycles. The second-order valence-corrected chi connectivity index (χ2v) is 4.40. The fourth-order valence-corrected chi connectivity index (χ4v) is 1.18. The largest absolute Gasteiger partial charge is 0.391 e. The summed E-state index contributed by atoms with van der Waals surface area (Å²) in [7, 11) is -1.66. The molecule has 0 amide bonds. The Kier molecular flexibility index (Phi) is 5.39. The van der Waals surface area contributed by atoms with E-state index in [1.165, 1.54) is 7.11 Å². The normalized spacial score (nSPS) is 14.6. The van der Waals surface area contributed by atoms with E-state index < -0.39 is 16.1 Å². The zero-order chi connectivity index (χ0) is 9.61. The van der Waals surface area contributed by atoms with Gasteiger partial charge in [-0.15, -0.1) is 0 Å². The minimum absolute atomic E-state index is 0.228. The molecular weight excluding hydrogens is 182 g/mol. The summed E-state index contributed by atoms with van der Waals surface area (Å²) in [6.45, 7) is 0.467. The molecule has 74 valence electrons. The average molecular weight is 197 g/mol. The highest BCUT2D eigenvalue weighted by Crippen LogP contribution is 1.90. The number of rotatable bonds is 6. The third kappa shape index (κ3) is 7.93. The molecule has 0 aliphatic rings. The van der Waals surface area contributed by atoms with Crippen molar-refractivity contribution in [3.05, 3.63) is 0 Å². The van der Waals surface area contributed by atoms with Gasteiger partial charge >= 0.3 is 0 Å². The van der Waals surface area contributed by atoms with Gasteiger partial charge in [-0.25, -0.2) is 13.1 Å². The molecule has 0 fully saturated rings. The summed E-state index contributed by atoms with van der Waals surface area (Å²) in [4.78, 5) is 0. The Balaban J connectivity index is 3.44. The van der Waals surface area contributed by atoms with Gasteiger partial charge in [0.15, 0.2) is 0 Å². The highest BCUT2D eigenvalue weighted by atomic mass is 32.2. The average Bonchev–Trinajstić information content (AvgIpc) is 1.84. The predicted molar refractivity (Wildman–Crippen MR) is 45.3 cm³/mol. The van der Waals surface area contributed by atoms with Crippen molar-refractivity contribution in [2.75, 3.05) is 26.5 Å². The van der Waals surface area contributed by atoms with Crippen LogP contribution in [0.25, 0.3) is 0 Å². The number of ether oxygens (including phenoxy) is 1. The van der Waals surface area contributed by atoms with Gasteiger partial charge in [-0.3, -0.25) is 0 Å². The maximum absolute atomic E-state index is 10.5. The van der Waals surface area contributed by atoms with Crippen molar-refractivity contribution in [2.24, 2.45) is 0 Å². The van der Waals surface area contributed by atoms with Crippen LogP contribution in [0.3, 0.4) is 0 Å². The van der Waals surface area contributed by atoms with E-state index in [0.29, 0.717) is 6.42 Å². The summed E-state index contributed by atoms with van der Waals surface area (Å²) < 4.78 is 28.0. The number of aliphatic hydroxyl groups is 1. The SMILES string of the molecule is COCC(O)CCNS(C)(=O)=O. The van der Waals surface area contributed by atoms with E-state index >= 15 is 0 Å². The highest BCUT2D eigenvalue weighted by molar-refractivity contribution is 7.88. The van der Waals surface area contributed by atoms with Crippen LogP contribution in [0, 0.1) is 0 Å². The van der Waals surface area contributed by atoms with E-state index in [0.717, 1.165) is 6.26 Å². The third-order valence-electron chi connectivity index (χ3n) is 1.20. The zero-order valence-corrected chi connectivity index (χ0v) is 8.10. The van der Waals surface area contributed by atoms with Gasteiger partial charge in [-0.05, 0) is 6.42 Å². The maximum atomic E-state index is 10.5. The van der Waals surface area contributed by atoms with Crippen LogP contribution in [-0.2, 0) is 14.8 Å². The molecule has 0 bridgehead atoms. The zero-order valence-electron chi connectivity index (χ0n) is 7.28. The number of methoxy groups -OCH3 is 1. The Morgan fingerprint density at radius 2 is 2.17 bits per heavy atom. The van der Waals surface area contributed by atoms with Crippen molar-refractivity contribution < 1.29 is 18.3 Å². The van der Waals surface area contributed by atoms with E-state index in [-0.39, 0.29) is 13.2 Å². The van der Waals surface area contributed by atoms with Crippen LogP contribution in [0.5, 0.6) is 0 Å². The molecule has 0 aromatic heterocycles. The molecule has 6 heteroatoms. The summed E-state index contributed by atoms with van der Waals surface area (Å²) in [6, 6.07) is 0. The van der Waals surface area contributed by atoms with Gasteiger partial charge in [0.2, 0.25) is 10.0 Å². The standard InChI is InChI=1S/C6H15NO4S/c1-11-5-6(8)3-4-7-12(2,9)10/h6-8H,3-5H2,1-2H3. The van der Waals surface area contributed by atoms with Gasteiger partial charge in [0.05, 0.1) is 19.0 Å². The van der Waals surface area contributed by atoms with Crippen LogP contribution in [0.2, 0.25) is 0 Å². The molecule has 0 radical (unpaired) electrons. The second kappa shape index (κ2) is 5.47. The molecule has 1 unspecified atom stereocenters. The van der Waals surface area contributed by atoms with Gasteiger partial charge in [0.25, 0.3) is 0 Å². The fourth-order valence-electron chi connectivity index (χ4n) is 0.687. The predicted octanol–water partition coefficient (Wildman–Crippen LogP) is -1.07. The quantitative estimate of drug-likeness (QED) is 0.568. The number of nitrogens with one attached hydrogen (secondary N) is 1. The summed E-state index contributed by atoms with van der Waals surface area (Å²) in [5.41, 5.74) is 0. The Morgan fingerprint density at radius 3 is 2.58 bits per heavy atom. The van der Waals surface area contributed by atoms with Crippen LogP contribution < -0.4 is 4.72 Å². The van der Waals surface area contributed by atoms with E-state index in [2.05, 4.69) is 9.46 Å². The molecule has 0 rings (SSSR count). The van der Waals surface area contributed by atoms with Crippen LogP contribution in [-0.4, -0.2) is 46.1 Å². The van der Waals surface area contributed by atoms with Crippen molar-refractivity contribution in [1.82, 2.24) is 4.72 Å². The number of hydrogen-bond acceptors (Lipinski definition) is 4. The van der Waals surface area contributed by atoms with Gasteiger partial charge in [0, 0.05) is 13.7 Å². The Bertz CT molecular complexity index is 202. The van der Waals surface area contributed by atoms with Crippen molar-refractivity contribution in [3.8, 4) is 0 Å². The number of aliphatic hydroxyl groups excluding tert-OH is 1. The van der Waals surface area contributed by atoms with E-state index in [4.69, 9.17) is 5.11 Å². The number of hydrogen-bond donors (Lipinski definition) is 2. The molecule has 12 heavy (non-hydrogen) atoms. The van der Waals surface area contributed by atoms with Gasteiger partial charge in [0.1, 0.15) is 0 Å². The van der Waals surface area contributed by atoms with Gasteiger partial charge in [-0.1, -0.05) is 0 Å². The van der Waals surface area contributed by atoms with Crippen LogP contribution in [0.4, 0.5) is 0 Å². The molecule has 0 aromatic carbocycles. The first kappa shape index (κ1) is 11.8. The third-order valence-corrected chi connectivity index (χ3v) is 1.93. The van der Waals surface area contributed by atoms with Crippen molar-refractivity contribution in [3.63, 3.8) is 0 Å². The minimum atomic E-state index is -3.14. The molecule has 0 spiro atoms.